The number of rotatable bonds is 6. The summed E-state index contributed by atoms with van der Waals surface area (Å²) in [7, 11) is 0. The fraction of sp³-hybridized carbons (Fsp3) is 0.400. The summed E-state index contributed by atoms with van der Waals surface area (Å²) in [6.07, 6.45) is 9.35. The largest absolute Gasteiger partial charge is 0.426 e. The molecule has 1 fully saturated rings. The molecule has 1 saturated carbocycles. The van der Waals surface area contributed by atoms with E-state index in [1.165, 1.54) is 18.2 Å². The number of hydrogen-bond donors (Lipinski definition) is 0. The first-order valence-corrected chi connectivity index (χ1v) is 8.58. The molecule has 0 spiro atoms. The molecule has 1 aromatic rings. The van der Waals surface area contributed by atoms with Gasteiger partial charge in [0.25, 0.3) is 0 Å². The molecule has 0 atom stereocenters. The van der Waals surface area contributed by atoms with Crippen LogP contribution >= 0.6 is 0 Å². The first-order chi connectivity index (χ1) is 12.5. The van der Waals surface area contributed by atoms with Gasteiger partial charge < -0.3 is 4.74 Å². The van der Waals surface area contributed by atoms with Gasteiger partial charge in [-0.3, -0.25) is 4.79 Å². The predicted octanol–water partition coefficient (Wildman–Crippen LogP) is 5.39. The Balaban J connectivity index is 1.73. The van der Waals surface area contributed by atoms with Crippen molar-refractivity contribution in [3.63, 3.8) is 0 Å². The minimum atomic E-state index is -1.04. The average molecular weight is 363 g/mol. The van der Waals surface area contributed by atoms with Crippen molar-refractivity contribution < 1.29 is 22.7 Å². The third-order valence-corrected chi connectivity index (χ3v) is 4.52. The average Bonchev–Trinajstić information content (AvgIpc) is 2.64. The standard InChI is InChI=1S/C20H20F3NO2/c21-16(13-24)5-3-1-2-4-14-6-8-15(9-7-14)20(25)26-17-10-11-18(22)19(23)12-17/h1,3,5,10-12,14-15H,2,4,6-9H2. The molecule has 0 saturated heterocycles. The Bertz CT molecular complexity index is 729. The number of carbonyl (C=O) groups excluding carboxylic acids is 1. The molecular formula is C20H20F3NO2. The van der Waals surface area contributed by atoms with E-state index in [0.717, 1.165) is 43.9 Å². The molecule has 0 unspecified atom stereocenters. The van der Waals surface area contributed by atoms with Crippen LogP contribution in [0.3, 0.4) is 0 Å². The Morgan fingerprint density at radius 3 is 2.62 bits per heavy atom. The maximum Gasteiger partial charge on any atom is 0.314 e. The number of nitriles is 1. The lowest BCUT2D eigenvalue weighted by Gasteiger charge is -2.26. The van der Waals surface area contributed by atoms with Crippen molar-refractivity contribution in [3.05, 3.63) is 53.9 Å². The highest BCUT2D eigenvalue weighted by molar-refractivity contribution is 5.75. The molecule has 0 aliphatic heterocycles. The van der Waals surface area contributed by atoms with Crippen LogP contribution in [-0.4, -0.2) is 5.97 Å². The van der Waals surface area contributed by atoms with Crippen LogP contribution in [0.5, 0.6) is 5.75 Å². The summed E-state index contributed by atoms with van der Waals surface area (Å²) in [4.78, 5) is 12.1. The molecule has 26 heavy (non-hydrogen) atoms. The van der Waals surface area contributed by atoms with Gasteiger partial charge in [-0.15, -0.1) is 0 Å². The van der Waals surface area contributed by atoms with Crippen LogP contribution in [0, 0.1) is 34.8 Å². The van der Waals surface area contributed by atoms with Gasteiger partial charge in [-0.05, 0) is 62.7 Å². The topological polar surface area (TPSA) is 50.1 Å². The molecular weight excluding hydrogens is 343 g/mol. The minimum absolute atomic E-state index is 0.0128. The number of carbonyl (C=O) groups is 1. The quantitative estimate of drug-likeness (QED) is 0.295. The number of allylic oxidation sites excluding steroid dienone is 4. The summed E-state index contributed by atoms with van der Waals surface area (Å²) in [6.45, 7) is 0. The molecule has 1 aromatic carbocycles. The SMILES string of the molecule is N#CC(F)=CC=CCCC1CCC(C(=O)Oc2ccc(F)c(F)c2)CC1. The van der Waals surface area contributed by atoms with Gasteiger partial charge in [0, 0.05) is 6.07 Å². The monoisotopic (exact) mass is 363 g/mol. The van der Waals surface area contributed by atoms with E-state index >= 15 is 0 Å². The van der Waals surface area contributed by atoms with Crippen molar-refractivity contribution in [2.24, 2.45) is 11.8 Å². The van der Waals surface area contributed by atoms with Crippen molar-refractivity contribution in [1.82, 2.24) is 0 Å². The van der Waals surface area contributed by atoms with E-state index in [-0.39, 0.29) is 11.7 Å². The minimum Gasteiger partial charge on any atom is -0.426 e. The molecule has 1 aliphatic carbocycles. The van der Waals surface area contributed by atoms with Crippen molar-refractivity contribution in [2.45, 2.75) is 38.5 Å². The van der Waals surface area contributed by atoms with Crippen molar-refractivity contribution in [1.29, 1.82) is 5.26 Å². The van der Waals surface area contributed by atoms with Gasteiger partial charge in [-0.1, -0.05) is 12.2 Å². The van der Waals surface area contributed by atoms with Crippen molar-refractivity contribution >= 4 is 5.97 Å². The Labute approximate surface area is 150 Å². The molecule has 0 amide bonds. The zero-order valence-electron chi connectivity index (χ0n) is 14.3. The predicted molar refractivity (Wildman–Crippen MR) is 90.6 cm³/mol. The van der Waals surface area contributed by atoms with Gasteiger partial charge in [0.05, 0.1) is 5.92 Å². The second-order valence-electron chi connectivity index (χ2n) is 6.35. The Kier molecular flexibility index (Phi) is 7.46. The highest BCUT2D eigenvalue weighted by atomic mass is 19.2. The lowest BCUT2D eigenvalue weighted by molar-refractivity contribution is -0.140. The highest BCUT2D eigenvalue weighted by Crippen LogP contribution is 2.32. The number of hydrogen-bond acceptors (Lipinski definition) is 3. The lowest BCUT2D eigenvalue weighted by Crippen LogP contribution is -2.25. The van der Waals surface area contributed by atoms with Crippen LogP contribution in [-0.2, 0) is 4.79 Å². The molecule has 3 nitrogen and oxygen atoms in total. The first-order valence-electron chi connectivity index (χ1n) is 8.58. The second kappa shape index (κ2) is 9.81. The van der Waals surface area contributed by atoms with Crippen LogP contribution in [0.1, 0.15) is 38.5 Å². The number of ether oxygens (including phenoxy) is 1. The molecule has 0 aromatic heterocycles. The summed E-state index contributed by atoms with van der Waals surface area (Å²) in [5, 5.41) is 8.28. The van der Waals surface area contributed by atoms with Crippen molar-refractivity contribution in [3.8, 4) is 11.8 Å². The molecule has 6 heteroatoms. The van der Waals surface area contributed by atoms with Crippen LogP contribution in [0.15, 0.2) is 42.3 Å². The van der Waals surface area contributed by atoms with Gasteiger partial charge in [0.1, 0.15) is 11.8 Å². The summed E-state index contributed by atoms with van der Waals surface area (Å²) < 4.78 is 43.8. The van der Waals surface area contributed by atoms with Crippen LogP contribution in [0.25, 0.3) is 0 Å². The fourth-order valence-electron chi connectivity index (χ4n) is 3.04. The molecule has 2 rings (SSSR count). The van der Waals surface area contributed by atoms with E-state index in [1.807, 2.05) is 6.08 Å². The van der Waals surface area contributed by atoms with E-state index < -0.39 is 23.4 Å². The van der Waals surface area contributed by atoms with E-state index in [9.17, 15) is 18.0 Å². The third kappa shape index (κ3) is 6.07. The number of halogens is 3. The number of benzene rings is 1. The van der Waals surface area contributed by atoms with Gasteiger partial charge in [-0.2, -0.15) is 9.65 Å². The van der Waals surface area contributed by atoms with Crippen LogP contribution in [0.4, 0.5) is 13.2 Å². The summed E-state index contributed by atoms with van der Waals surface area (Å²) in [5.74, 6) is -2.99. The van der Waals surface area contributed by atoms with Gasteiger partial charge >= 0.3 is 5.97 Å². The van der Waals surface area contributed by atoms with E-state index in [2.05, 4.69) is 0 Å². The summed E-state index contributed by atoms with van der Waals surface area (Å²) in [6, 6.07) is 4.44. The van der Waals surface area contributed by atoms with Gasteiger partial charge in [-0.25, -0.2) is 8.78 Å². The number of esters is 1. The fourth-order valence-corrected chi connectivity index (χ4v) is 3.04. The van der Waals surface area contributed by atoms with E-state index in [1.54, 1.807) is 0 Å². The Hall–Kier alpha value is -2.55. The molecule has 1 aliphatic rings. The summed E-state index contributed by atoms with van der Waals surface area (Å²) >= 11 is 0. The van der Waals surface area contributed by atoms with Crippen LogP contribution in [0.2, 0.25) is 0 Å². The van der Waals surface area contributed by atoms with Gasteiger partial charge in [0.15, 0.2) is 17.5 Å². The Morgan fingerprint density at radius 2 is 1.96 bits per heavy atom. The zero-order chi connectivity index (χ0) is 18.9. The maximum absolute atomic E-state index is 13.1. The second-order valence-corrected chi connectivity index (χ2v) is 6.35. The summed E-state index contributed by atoms with van der Waals surface area (Å²) in [5.41, 5.74) is 0. The van der Waals surface area contributed by atoms with Gasteiger partial charge in [0.2, 0.25) is 0 Å². The maximum atomic E-state index is 13.1. The highest BCUT2D eigenvalue weighted by Gasteiger charge is 2.27. The molecule has 0 radical (unpaired) electrons. The zero-order valence-corrected chi connectivity index (χ0v) is 14.3. The number of nitrogens with zero attached hydrogens (tertiary/aromatic N) is 1. The van der Waals surface area contributed by atoms with Crippen LogP contribution < -0.4 is 4.74 Å². The van der Waals surface area contributed by atoms with E-state index in [4.69, 9.17) is 10.00 Å². The molecule has 0 N–H and O–H groups in total. The molecule has 0 bridgehead atoms. The third-order valence-electron chi connectivity index (χ3n) is 4.52. The lowest BCUT2D eigenvalue weighted by atomic mass is 9.80. The van der Waals surface area contributed by atoms with Crippen molar-refractivity contribution in [2.75, 3.05) is 0 Å². The van der Waals surface area contributed by atoms with E-state index in [0.29, 0.717) is 18.8 Å². The smallest absolute Gasteiger partial charge is 0.314 e. The molecule has 0 heterocycles. The normalized spacial score (nSPS) is 20.8. The first kappa shape index (κ1) is 19.8. The molecule has 138 valence electrons. The Morgan fingerprint density at radius 1 is 1.23 bits per heavy atom.